The molecule has 0 radical (unpaired) electrons. The van der Waals surface area contributed by atoms with Crippen LogP contribution < -0.4 is 14.8 Å². The first kappa shape index (κ1) is 17.9. The van der Waals surface area contributed by atoms with Crippen LogP contribution in [0.5, 0.6) is 11.5 Å². The first-order valence-corrected chi connectivity index (χ1v) is 8.14. The van der Waals surface area contributed by atoms with Crippen molar-refractivity contribution in [3.63, 3.8) is 0 Å². The number of para-hydroxylation sites is 1. The average molecular weight is 327 g/mol. The summed E-state index contributed by atoms with van der Waals surface area (Å²) in [5.41, 5.74) is 2.53. The van der Waals surface area contributed by atoms with Crippen molar-refractivity contribution in [2.45, 2.75) is 27.4 Å². The minimum Gasteiger partial charge on any atom is -0.496 e. The van der Waals surface area contributed by atoms with Gasteiger partial charge in [0.25, 0.3) is 5.91 Å². The van der Waals surface area contributed by atoms with Crippen molar-refractivity contribution in [1.29, 1.82) is 0 Å². The summed E-state index contributed by atoms with van der Waals surface area (Å²) in [6.45, 7) is 7.13. The van der Waals surface area contributed by atoms with Crippen molar-refractivity contribution in [1.82, 2.24) is 5.32 Å². The maximum Gasteiger partial charge on any atom is 0.251 e. The second-order valence-electron chi connectivity index (χ2n) is 6.18. The zero-order valence-electron chi connectivity index (χ0n) is 14.8. The summed E-state index contributed by atoms with van der Waals surface area (Å²) in [6, 6.07) is 13.3. The third-order valence-electron chi connectivity index (χ3n) is 3.69. The zero-order chi connectivity index (χ0) is 17.5. The Morgan fingerprint density at radius 3 is 2.54 bits per heavy atom. The molecule has 0 aliphatic heterocycles. The highest BCUT2D eigenvalue weighted by Crippen LogP contribution is 2.24. The van der Waals surface area contributed by atoms with E-state index in [1.807, 2.05) is 37.3 Å². The van der Waals surface area contributed by atoms with Crippen LogP contribution in [0.3, 0.4) is 0 Å². The predicted molar refractivity (Wildman–Crippen MR) is 95.7 cm³/mol. The first-order chi connectivity index (χ1) is 11.5. The summed E-state index contributed by atoms with van der Waals surface area (Å²) in [7, 11) is 1.62. The molecule has 0 aromatic heterocycles. The van der Waals surface area contributed by atoms with Crippen molar-refractivity contribution in [3.8, 4) is 11.5 Å². The number of carbonyl (C=O) groups is 1. The van der Waals surface area contributed by atoms with Gasteiger partial charge in [-0.15, -0.1) is 0 Å². The summed E-state index contributed by atoms with van der Waals surface area (Å²) < 4.78 is 11.3. The molecule has 1 N–H and O–H groups in total. The van der Waals surface area contributed by atoms with Crippen LogP contribution in [0.25, 0.3) is 0 Å². The fourth-order valence-corrected chi connectivity index (χ4v) is 2.31. The van der Waals surface area contributed by atoms with Gasteiger partial charge in [0.1, 0.15) is 18.1 Å². The van der Waals surface area contributed by atoms with E-state index < -0.39 is 0 Å². The maximum atomic E-state index is 12.2. The van der Waals surface area contributed by atoms with Crippen molar-refractivity contribution in [2.24, 2.45) is 5.92 Å². The molecule has 2 rings (SSSR count). The van der Waals surface area contributed by atoms with Crippen LogP contribution >= 0.6 is 0 Å². The molecule has 1 amide bonds. The van der Waals surface area contributed by atoms with E-state index >= 15 is 0 Å². The number of hydrogen-bond acceptors (Lipinski definition) is 3. The van der Waals surface area contributed by atoms with Crippen molar-refractivity contribution in [2.75, 3.05) is 13.7 Å². The fraction of sp³-hybridized carbons (Fsp3) is 0.350. The lowest BCUT2D eigenvalue weighted by Gasteiger charge is -2.14. The highest BCUT2D eigenvalue weighted by Gasteiger charge is 2.11. The van der Waals surface area contributed by atoms with E-state index in [9.17, 15) is 4.79 Å². The molecule has 0 atom stereocenters. The lowest BCUT2D eigenvalue weighted by atomic mass is 10.1. The highest BCUT2D eigenvalue weighted by molar-refractivity contribution is 5.94. The van der Waals surface area contributed by atoms with E-state index in [0.717, 1.165) is 16.9 Å². The number of nitrogens with one attached hydrogen (secondary N) is 1. The SMILES string of the molecule is COc1ccc(C(=O)NCC(C)C)cc1COc1ccccc1C. The normalized spacial score (nSPS) is 10.5. The number of carbonyl (C=O) groups excluding carboxylic acids is 1. The van der Waals surface area contributed by atoms with Gasteiger partial charge in [-0.3, -0.25) is 4.79 Å². The fourth-order valence-electron chi connectivity index (χ4n) is 2.31. The second kappa shape index (κ2) is 8.39. The molecule has 128 valence electrons. The Morgan fingerprint density at radius 2 is 1.88 bits per heavy atom. The van der Waals surface area contributed by atoms with Crippen LogP contribution in [-0.4, -0.2) is 19.6 Å². The monoisotopic (exact) mass is 327 g/mol. The molecule has 2 aromatic carbocycles. The van der Waals surface area contributed by atoms with Gasteiger partial charge in [-0.2, -0.15) is 0 Å². The highest BCUT2D eigenvalue weighted by atomic mass is 16.5. The van der Waals surface area contributed by atoms with E-state index in [-0.39, 0.29) is 5.91 Å². The minimum absolute atomic E-state index is 0.0801. The number of aryl methyl sites for hydroxylation is 1. The Bertz CT molecular complexity index is 695. The topological polar surface area (TPSA) is 47.6 Å². The van der Waals surface area contributed by atoms with Crippen LogP contribution in [0.15, 0.2) is 42.5 Å². The summed E-state index contributed by atoms with van der Waals surface area (Å²) in [5, 5.41) is 2.93. The largest absolute Gasteiger partial charge is 0.496 e. The Balaban J connectivity index is 2.14. The second-order valence-corrected chi connectivity index (χ2v) is 6.18. The third-order valence-corrected chi connectivity index (χ3v) is 3.69. The number of rotatable bonds is 7. The van der Waals surface area contributed by atoms with Crippen LogP contribution in [0.2, 0.25) is 0 Å². The van der Waals surface area contributed by atoms with Crippen LogP contribution in [0.4, 0.5) is 0 Å². The van der Waals surface area contributed by atoms with Gasteiger partial charge < -0.3 is 14.8 Å². The molecule has 0 saturated heterocycles. The first-order valence-electron chi connectivity index (χ1n) is 8.14. The molecule has 0 aliphatic carbocycles. The number of amides is 1. The molecular weight excluding hydrogens is 302 g/mol. The molecule has 0 unspecified atom stereocenters. The lowest BCUT2D eigenvalue weighted by molar-refractivity contribution is 0.0949. The number of hydrogen-bond donors (Lipinski definition) is 1. The molecule has 4 nitrogen and oxygen atoms in total. The van der Waals surface area contributed by atoms with Gasteiger partial charge in [0.15, 0.2) is 0 Å². The van der Waals surface area contributed by atoms with E-state index in [1.54, 1.807) is 19.2 Å². The lowest BCUT2D eigenvalue weighted by Crippen LogP contribution is -2.27. The van der Waals surface area contributed by atoms with Gasteiger partial charge in [0.2, 0.25) is 0 Å². The molecule has 0 saturated carbocycles. The Morgan fingerprint density at radius 1 is 1.12 bits per heavy atom. The van der Waals surface area contributed by atoms with Crippen molar-refractivity contribution >= 4 is 5.91 Å². The van der Waals surface area contributed by atoms with Crippen LogP contribution in [0, 0.1) is 12.8 Å². The molecular formula is C20H25NO3. The van der Waals surface area contributed by atoms with Gasteiger partial charge in [-0.1, -0.05) is 32.0 Å². The molecule has 0 heterocycles. The standard InChI is InChI=1S/C20H25NO3/c1-14(2)12-21-20(22)16-9-10-19(23-4)17(11-16)13-24-18-8-6-5-7-15(18)3/h5-11,14H,12-13H2,1-4H3,(H,21,22). The van der Waals surface area contributed by atoms with Crippen molar-refractivity contribution in [3.05, 3.63) is 59.2 Å². The van der Waals surface area contributed by atoms with E-state index in [0.29, 0.717) is 30.4 Å². The van der Waals surface area contributed by atoms with Gasteiger partial charge in [0.05, 0.1) is 7.11 Å². The summed E-state index contributed by atoms with van der Waals surface area (Å²) >= 11 is 0. The Hall–Kier alpha value is -2.49. The molecule has 24 heavy (non-hydrogen) atoms. The molecule has 0 fully saturated rings. The Labute approximate surface area is 143 Å². The van der Waals surface area contributed by atoms with Gasteiger partial charge in [-0.25, -0.2) is 0 Å². The number of methoxy groups -OCH3 is 1. The van der Waals surface area contributed by atoms with E-state index in [1.165, 1.54) is 0 Å². The Kier molecular flexibility index (Phi) is 6.24. The number of ether oxygens (including phenoxy) is 2. The van der Waals surface area contributed by atoms with Crippen molar-refractivity contribution < 1.29 is 14.3 Å². The van der Waals surface area contributed by atoms with E-state index in [4.69, 9.17) is 9.47 Å². The maximum absolute atomic E-state index is 12.2. The van der Waals surface area contributed by atoms with E-state index in [2.05, 4.69) is 19.2 Å². The molecule has 4 heteroatoms. The smallest absolute Gasteiger partial charge is 0.251 e. The van der Waals surface area contributed by atoms with Gasteiger partial charge in [-0.05, 0) is 42.7 Å². The zero-order valence-corrected chi connectivity index (χ0v) is 14.8. The molecule has 0 aliphatic rings. The summed E-state index contributed by atoms with van der Waals surface area (Å²) in [6.07, 6.45) is 0. The van der Waals surface area contributed by atoms with Gasteiger partial charge >= 0.3 is 0 Å². The van der Waals surface area contributed by atoms with Crippen LogP contribution in [-0.2, 0) is 6.61 Å². The average Bonchev–Trinajstić information content (AvgIpc) is 2.58. The minimum atomic E-state index is -0.0801. The van der Waals surface area contributed by atoms with Crippen LogP contribution in [0.1, 0.15) is 35.3 Å². The molecule has 0 spiro atoms. The predicted octanol–water partition coefficient (Wildman–Crippen LogP) is 3.97. The summed E-state index contributed by atoms with van der Waals surface area (Å²) in [5.74, 6) is 1.87. The molecule has 2 aromatic rings. The number of benzene rings is 2. The quantitative estimate of drug-likeness (QED) is 0.837. The molecule has 0 bridgehead atoms. The summed E-state index contributed by atoms with van der Waals surface area (Å²) in [4.78, 5) is 12.2. The third kappa shape index (κ3) is 4.75. The van der Waals surface area contributed by atoms with Gasteiger partial charge in [0, 0.05) is 17.7 Å².